The van der Waals surface area contributed by atoms with Crippen molar-refractivity contribution in [3.05, 3.63) is 17.3 Å². The zero-order valence-electron chi connectivity index (χ0n) is 10.4. The van der Waals surface area contributed by atoms with Crippen molar-refractivity contribution < 1.29 is 0 Å². The predicted octanol–water partition coefficient (Wildman–Crippen LogP) is 1.33. The fourth-order valence-electron chi connectivity index (χ4n) is 2.82. The van der Waals surface area contributed by atoms with Crippen molar-refractivity contribution in [2.24, 2.45) is 0 Å². The molecule has 0 saturated carbocycles. The van der Waals surface area contributed by atoms with Crippen molar-refractivity contribution in [2.45, 2.75) is 32.1 Å². The Kier molecular flexibility index (Phi) is 2.97. The molecule has 0 spiro atoms. The third-order valence-electron chi connectivity index (χ3n) is 3.91. The van der Waals surface area contributed by atoms with E-state index in [2.05, 4.69) is 33.4 Å². The van der Waals surface area contributed by atoms with Gasteiger partial charge in [0.1, 0.15) is 0 Å². The molecule has 0 radical (unpaired) electrons. The number of rotatable bonds is 1. The van der Waals surface area contributed by atoms with E-state index in [0.717, 1.165) is 38.4 Å². The maximum absolute atomic E-state index is 4.43. The van der Waals surface area contributed by atoms with Gasteiger partial charge in [0.15, 0.2) is 5.82 Å². The van der Waals surface area contributed by atoms with Gasteiger partial charge in [-0.2, -0.15) is 5.10 Å². The van der Waals surface area contributed by atoms with E-state index in [1.165, 1.54) is 24.1 Å². The fraction of sp³-hybridized carbons (Fsp3) is 0.692. The molecule has 4 nitrogen and oxygen atoms in total. The molecular weight excluding hydrogens is 212 g/mol. The van der Waals surface area contributed by atoms with Crippen LogP contribution in [-0.2, 0) is 6.42 Å². The largest absolute Gasteiger partial charge is 0.353 e. The van der Waals surface area contributed by atoms with Crippen LogP contribution in [-0.4, -0.2) is 36.4 Å². The van der Waals surface area contributed by atoms with Gasteiger partial charge in [-0.1, -0.05) is 6.92 Å². The number of aryl methyl sites for hydroxylation is 1. The average Bonchev–Trinajstić information content (AvgIpc) is 2.40. The number of fused-ring (bicyclic) bond motifs is 1. The third-order valence-corrected chi connectivity index (χ3v) is 3.91. The molecule has 1 saturated heterocycles. The summed E-state index contributed by atoms with van der Waals surface area (Å²) in [6.07, 6.45) is 3.66. The summed E-state index contributed by atoms with van der Waals surface area (Å²) in [6, 6.07) is 2.28. The highest BCUT2D eigenvalue weighted by Gasteiger charge is 2.20. The molecule has 2 heterocycles. The first-order valence-corrected chi connectivity index (χ1v) is 6.67. The van der Waals surface area contributed by atoms with Gasteiger partial charge < -0.3 is 10.2 Å². The van der Waals surface area contributed by atoms with Gasteiger partial charge in [0.25, 0.3) is 0 Å². The first kappa shape index (κ1) is 11.0. The maximum atomic E-state index is 4.43. The SMILES string of the molecule is CC1CCCc2nnc(N3CCNCC3)cc21. The van der Waals surface area contributed by atoms with E-state index in [1.807, 2.05) is 0 Å². The fourth-order valence-corrected chi connectivity index (χ4v) is 2.82. The Balaban J connectivity index is 1.88. The van der Waals surface area contributed by atoms with E-state index in [1.54, 1.807) is 0 Å². The van der Waals surface area contributed by atoms with Crippen molar-refractivity contribution in [1.29, 1.82) is 0 Å². The van der Waals surface area contributed by atoms with Crippen LogP contribution in [0.5, 0.6) is 0 Å². The Morgan fingerprint density at radius 1 is 1.29 bits per heavy atom. The minimum Gasteiger partial charge on any atom is -0.353 e. The van der Waals surface area contributed by atoms with Crippen LogP contribution in [0.4, 0.5) is 5.82 Å². The van der Waals surface area contributed by atoms with E-state index in [9.17, 15) is 0 Å². The average molecular weight is 232 g/mol. The molecule has 0 bridgehead atoms. The van der Waals surface area contributed by atoms with Gasteiger partial charge in [-0.3, -0.25) is 0 Å². The summed E-state index contributed by atoms with van der Waals surface area (Å²) in [7, 11) is 0. The summed E-state index contributed by atoms with van der Waals surface area (Å²) in [5.41, 5.74) is 2.66. The van der Waals surface area contributed by atoms with Gasteiger partial charge in [0, 0.05) is 26.2 Å². The van der Waals surface area contributed by atoms with Gasteiger partial charge in [-0.25, -0.2) is 0 Å². The molecule has 0 aromatic carbocycles. The normalized spacial score (nSPS) is 24.5. The standard InChI is InChI=1S/C13H20N4/c1-10-3-2-4-12-11(10)9-13(16-15-12)17-7-5-14-6-8-17/h9-10,14H,2-8H2,1H3. The highest BCUT2D eigenvalue weighted by molar-refractivity contribution is 5.43. The summed E-state index contributed by atoms with van der Waals surface area (Å²) in [4.78, 5) is 2.34. The van der Waals surface area contributed by atoms with E-state index in [0.29, 0.717) is 5.92 Å². The zero-order chi connectivity index (χ0) is 11.7. The molecule has 1 N–H and O–H groups in total. The topological polar surface area (TPSA) is 41.1 Å². The number of nitrogens with zero attached hydrogens (tertiary/aromatic N) is 3. The first-order chi connectivity index (χ1) is 8.34. The Bertz CT molecular complexity index is 398. The molecule has 0 amide bonds. The number of hydrogen-bond acceptors (Lipinski definition) is 4. The molecule has 1 unspecified atom stereocenters. The van der Waals surface area contributed by atoms with Gasteiger partial charge >= 0.3 is 0 Å². The van der Waals surface area contributed by atoms with Crippen LogP contribution in [0.25, 0.3) is 0 Å². The number of nitrogens with one attached hydrogen (secondary N) is 1. The molecule has 1 aromatic rings. The monoisotopic (exact) mass is 232 g/mol. The summed E-state index contributed by atoms with van der Waals surface area (Å²) >= 11 is 0. The van der Waals surface area contributed by atoms with Crippen LogP contribution in [0.1, 0.15) is 36.9 Å². The summed E-state index contributed by atoms with van der Waals surface area (Å²) in [6.45, 7) is 6.49. The minimum absolute atomic E-state index is 0.649. The molecule has 1 fully saturated rings. The Hall–Kier alpha value is -1.16. The predicted molar refractivity (Wildman–Crippen MR) is 68.5 cm³/mol. The Labute approximate surface area is 102 Å². The second kappa shape index (κ2) is 4.61. The highest BCUT2D eigenvalue weighted by atomic mass is 15.3. The molecule has 1 aromatic heterocycles. The van der Waals surface area contributed by atoms with Crippen LogP contribution < -0.4 is 10.2 Å². The number of anilines is 1. The van der Waals surface area contributed by atoms with Crippen LogP contribution in [0.15, 0.2) is 6.07 Å². The van der Waals surface area contributed by atoms with Crippen LogP contribution >= 0.6 is 0 Å². The second-order valence-corrected chi connectivity index (χ2v) is 5.13. The lowest BCUT2D eigenvalue weighted by Crippen LogP contribution is -2.44. The molecular formula is C13H20N4. The third kappa shape index (κ3) is 2.14. The maximum Gasteiger partial charge on any atom is 0.151 e. The van der Waals surface area contributed by atoms with Gasteiger partial charge in [-0.15, -0.1) is 5.10 Å². The number of aromatic nitrogens is 2. The smallest absolute Gasteiger partial charge is 0.151 e. The molecule has 92 valence electrons. The molecule has 1 aliphatic carbocycles. The van der Waals surface area contributed by atoms with Crippen molar-refractivity contribution in [3.63, 3.8) is 0 Å². The molecule has 2 aliphatic rings. The van der Waals surface area contributed by atoms with Crippen molar-refractivity contribution in [2.75, 3.05) is 31.1 Å². The quantitative estimate of drug-likeness (QED) is 0.793. The van der Waals surface area contributed by atoms with E-state index in [-0.39, 0.29) is 0 Å². The number of piperazine rings is 1. The van der Waals surface area contributed by atoms with Crippen molar-refractivity contribution in [3.8, 4) is 0 Å². The Morgan fingerprint density at radius 2 is 2.12 bits per heavy atom. The zero-order valence-corrected chi connectivity index (χ0v) is 10.4. The lowest BCUT2D eigenvalue weighted by molar-refractivity contribution is 0.559. The number of hydrogen-bond donors (Lipinski definition) is 1. The van der Waals surface area contributed by atoms with Crippen LogP contribution in [0, 0.1) is 0 Å². The van der Waals surface area contributed by atoms with Crippen LogP contribution in [0.2, 0.25) is 0 Å². The van der Waals surface area contributed by atoms with E-state index in [4.69, 9.17) is 0 Å². The van der Waals surface area contributed by atoms with Gasteiger partial charge in [-0.05, 0) is 36.8 Å². The summed E-state index contributed by atoms with van der Waals surface area (Å²) < 4.78 is 0. The highest BCUT2D eigenvalue weighted by Crippen LogP contribution is 2.31. The first-order valence-electron chi connectivity index (χ1n) is 6.67. The Morgan fingerprint density at radius 3 is 2.94 bits per heavy atom. The minimum atomic E-state index is 0.649. The molecule has 4 heteroatoms. The second-order valence-electron chi connectivity index (χ2n) is 5.13. The lowest BCUT2D eigenvalue weighted by atomic mass is 9.87. The van der Waals surface area contributed by atoms with Gasteiger partial charge in [0.05, 0.1) is 5.69 Å². The van der Waals surface area contributed by atoms with Gasteiger partial charge in [0.2, 0.25) is 0 Å². The summed E-state index contributed by atoms with van der Waals surface area (Å²) in [5.74, 6) is 1.72. The molecule has 3 rings (SSSR count). The summed E-state index contributed by atoms with van der Waals surface area (Å²) in [5, 5.41) is 12.2. The van der Waals surface area contributed by atoms with Crippen LogP contribution in [0.3, 0.4) is 0 Å². The molecule has 17 heavy (non-hydrogen) atoms. The lowest BCUT2D eigenvalue weighted by Gasteiger charge is -2.29. The van der Waals surface area contributed by atoms with E-state index >= 15 is 0 Å². The van der Waals surface area contributed by atoms with E-state index < -0.39 is 0 Å². The van der Waals surface area contributed by atoms with Crippen molar-refractivity contribution in [1.82, 2.24) is 15.5 Å². The molecule has 1 atom stereocenters. The molecule has 1 aliphatic heterocycles. The van der Waals surface area contributed by atoms with Crippen molar-refractivity contribution >= 4 is 5.82 Å².